The molecule has 0 amide bonds. The van der Waals surface area contributed by atoms with Crippen LogP contribution in [0.15, 0.2) is 298 Å². The molecular weight excluding hydrogens is 1530 g/mol. The van der Waals surface area contributed by atoms with Crippen LogP contribution in [0.3, 0.4) is 0 Å². The van der Waals surface area contributed by atoms with Crippen LogP contribution in [0.4, 0.5) is 35.1 Å². The number of sulfone groups is 2. The Morgan fingerprint density at radius 2 is 0.667 bits per heavy atom. The highest BCUT2D eigenvalue weighted by Crippen LogP contribution is 2.43. The molecule has 0 spiro atoms. The van der Waals surface area contributed by atoms with Gasteiger partial charge >= 0.3 is 5.51 Å². The van der Waals surface area contributed by atoms with Crippen molar-refractivity contribution in [2.24, 2.45) is 0 Å². The molecule has 7 nitrogen and oxygen atoms in total. The Labute approximate surface area is 616 Å². The van der Waals surface area contributed by atoms with E-state index in [2.05, 4.69) is 66.7 Å². The van der Waals surface area contributed by atoms with Crippen molar-refractivity contribution < 1.29 is 123 Å². The molecule has 0 radical (unpaired) electrons. The third-order valence-corrected chi connectivity index (χ3v) is 27.3. The first kappa shape index (κ1) is 85.6. The molecular formula is C72H63Cl5F8O7S7. The lowest BCUT2D eigenvalue weighted by atomic mass is 10.2. The molecule has 27 heteroatoms. The maximum atomic E-state index is 14.5. The van der Waals surface area contributed by atoms with Crippen LogP contribution in [0.25, 0.3) is 25.1 Å². The second-order valence-corrected chi connectivity index (χ2v) is 35.2. The minimum Gasteiger partial charge on any atom is -1.00 e. The molecule has 2 aliphatic heterocycles. The van der Waals surface area contributed by atoms with Crippen LogP contribution < -0.4 is 67.5 Å². The minimum absolute atomic E-state index is 0. The van der Waals surface area contributed by atoms with Crippen LogP contribution in [0.2, 0.25) is 0 Å². The Hall–Kier alpha value is -5.80. The summed E-state index contributed by atoms with van der Waals surface area (Å²) in [6.07, 6.45) is 1.31. The van der Waals surface area contributed by atoms with Crippen molar-refractivity contribution in [1.29, 1.82) is 0 Å². The van der Waals surface area contributed by atoms with E-state index in [0.29, 0.717) is 49.0 Å². The third kappa shape index (κ3) is 23.1. The molecule has 13 rings (SSSR count). The standard InChI is InChI=1S/C20H15F4O4S3.C19H13OS.C13H10F3S.C10H12FOS.C10H13OS.5ClH/c1-30(25,26)19-15(21)8-13(9-16(19)22)29(12-6-4-3-5-7-12)14-10-17(23)20(18(24)11-14)31(2,27)28;20-19-15-10-4-6-12-17(15)21(14-8-2-1-3-9-14)18-13-7-5-11-16(18)19;14-13(15,16)17(11-7-3-1-4-8-11)12-9-5-2-6-10-12;11-9-1-3-10(4-2-9)13-7-5-12-6-8-13;1-2-4-10(5-3-1)12-8-6-11-7-9-12;;;;;/h3-11H,1-2H3;1-13H;1-10H;1-4H,5-8H2;1-5H,6-9H2;5*1H/q5*+1;;;;;/p-5. The fourth-order valence-electron chi connectivity index (χ4n) is 9.99. The van der Waals surface area contributed by atoms with Gasteiger partial charge in [0.05, 0.1) is 48.1 Å². The number of fused-ring (bicyclic) bond motifs is 2. The molecule has 0 aliphatic carbocycles. The Balaban J connectivity index is 0.000000270. The van der Waals surface area contributed by atoms with E-state index in [0.717, 1.165) is 82.4 Å². The first-order valence-corrected chi connectivity index (χ1v) is 39.6. The molecule has 2 saturated heterocycles. The van der Waals surface area contributed by atoms with E-state index in [1.807, 2.05) is 54.6 Å². The first-order chi connectivity index (χ1) is 45.1. The lowest BCUT2D eigenvalue weighted by Crippen LogP contribution is -3.00. The average Bonchev–Trinajstić information content (AvgIpc) is 0.758. The number of benzene rings is 10. The van der Waals surface area contributed by atoms with Gasteiger partial charge in [0.2, 0.25) is 5.43 Å². The summed E-state index contributed by atoms with van der Waals surface area (Å²) in [4.78, 5) is 15.3. The largest absolute Gasteiger partial charge is 1.00 e. The van der Waals surface area contributed by atoms with Crippen LogP contribution in [0, 0.1) is 29.1 Å². The van der Waals surface area contributed by atoms with Gasteiger partial charge in [-0.15, -0.1) is 13.2 Å². The maximum absolute atomic E-state index is 14.5. The molecule has 0 N–H and O–H groups in total. The summed E-state index contributed by atoms with van der Waals surface area (Å²) in [5.74, 6) is -0.940. The zero-order valence-electron chi connectivity index (χ0n) is 52.5. The van der Waals surface area contributed by atoms with E-state index >= 15 is 0 Å². The molecule has 99 heavy (non-hydrogen) atoms. The van der Waals surface area contributed by atoms with Crippen molar-refractivity contribution in [2.75, 3.05) is 62.0 Å². The Morgan fingerprint density at radius 3 is 1.00 bits per heavy atom. The number of ether oxygens (including phenoxy) is 2. The van der Waals surface area contributed by atoms with Gasteiger partial charge in [0.1, 0.15) is 61.9 Å². The van der Waals surface area contributed by atoms with E-state index in [1.54, 1.807) is 66.7 Å². The van der Waals surface area contributed by atoms with Gasteiger partial charge in [-0.1, -0.05) is 115 Å². The molecule has 2 fully saturated rings. The predicted octanol–water partition coefficient (Wildman–Crippen LogP) is 2.03. The monoisotopic (exact) mass is 1590 g/mol. The number of rotatable bonds is 10. The van der Waals surface area contributed by atoms with Crippen molar-refractivity contribution >= 4 is 93.9 Å². The van der Waals surface area contributed by atoms with Crippen molar-refractivity contribution in [3.63, 3.8) is 0 Å². The summed E-state index contributed by atoms with van der Waals surface area (Å²) in [6, 6.07) is 71.2. The minimum atomic E-state index is -4.25. The van der Waals surface area contributed by atoms with Gasteiger partial charge in [-0.3, -0.25) is 4.79 Å². The van der Waals surface area contributed by atoms with Gasteiger partial charge in [-0.05, 0) is 109 Å². The van der Waals surface area contributed by atoms with Crippen molar-refractivity contribution in [2.45, 2.75) is 49.6 Å². The zero-order valence-corrected chi connectivity index (χ0v) is 62.0. The van der Waals surface area contributed by atoms with Crippen molar-refractivity contribution in [3.05, 3.63) is 288 Å². The molecule has 0 bridgehead atoms. The van der Waals surface area contributed by atoms with Crippen molar-refractivity contribution in [1.82, 2.24) is 0 Å². The number of hydrogen-bond donors (Lipinski definition) is 0. The van der Waals surface area contributed by atoms with Crippen LogP contribution in [0.1, 0.15) is 0 Å². The molecule has 0 unspecified atom stereocenters. The smallest absolute Gasteiger partial charge is 0.586 e. The van der Waals surface area contributed by atoms with Gasteiger partial charge in [0.25, 0.3) is 0 Å². The molecule has 11 aromatic rings. The van der Waals surface area contributed by atoms with Crippen LogP contribution in [-0.4, -0.2) is 84.3 Å². The van der Waals surface area contributed by atoms with Gasteiger partial charge in [0.15, 0.2) is 79.1 Å². The summed E-state index contributed by atoms with van der Waals surface area (Å²) >= 11 is 0. The fraction of sp³-hybridized carbons (Fsp3) is 0.153. The summed E-state index contributed by atoms with van der Waals surface area (Å²) < 4.78 is 170. The first-order valence-electron chi connectivity index (χ1n) is 29.0. The van der Waals surface area contributed by atoms with E-state index in [-0.39, 0.29) is 93.5 Å². The quantitative estimate of drug-likeness (QED) is 0.118. The Kier molecular flexibility index (Phi) is 34.7. The molecule has 10 aromatic carbocycles. The van der Waals surface area contributed by atoms with Gasteiger partial charge in [0, 0.05) is 69.0 Å². The van der Waals surface area contributed by atoms with E-state index < -0.39 is 80.0 Å². The fourth-order valence-corrected chi connectivity index (χ4v) is 21.5. The Morgan fingerprint density at radius 1 is 0.374 bits per heavy atom. The lowest BCUT2D eigenvalue weighted by Gasteiger charge is -2.13. The zero-order chi connectivity index (χ0) is 67.0. The van der Waals surface area contributed by atoms with E-state index in [9.17, 15) is 56.8 Å². The number of alkyl halides is 3. The third-order valence-electron chi connectivity index (χ3n) is 14.1. The predicted molar refractivity (Wildman–Crippen MR) is 367 cm³/mol. The lowest BCUT2D eigenvalue weighted by molar-refractivity contribution is -0.0372. The van der Waals surface area contributed by atoms with Gasteiger partial charge in [-0.25, -0.2) is 38.8 Å². The molecule has 526 valence electrons. The topological polar surface area (TPSA) is 104 Å². The average molecular weight is 1590 g/mol. The number of halogens is 13. The molecule has 0 saturated carbocycles. The van der Waals surface area contributed by atoms with Crippen LogP contribution in [0.5, 0.6) is 0 Å². The van der Waals surface area contributed by atoms with Gasteiger partial charge in [-0.2, -0.15) is 0 Å². The summed E-state index contributed by atoms with van der Waals surface area (Å²) in [7, 11) is -11.2. The summed E-state index contributed by atoms with van der Waals surface area (Å²) in [5, 5.41) is 1.67. The van der Waals surface area contributed by atoms with Crippen LogP contribution >= 0.6 is 10.5 Å². The Bertz CT molecular complexity index is 4380. The summed E-state index contributed by atoms with van der Waals surface area (Å²) in [6.45, 7) is 3.58. The SMILES string of the molecule is CS(=O)(=O)c1c(F)cc([S+](c2ccccc2)c2cc(F)c(S(C)(=O)=O)c(F)c2)cc1F.FC(F)(F)[S+](c1ccccc1)c1ccccc1.Fc1ccc([S+]2CCOCC2)cc1.O=c1c2ccccc2[s+](-c2ccccc2)c2ccccc12.[Cl-].[Cl-].[Cl-].[Cl-].[Cl-].c1ccc([S+]2CCOCC2)cc1. The van der Waals surface area contributed by atoms with Crippen molar-refractivity contribution in [3.8, 4) is 4.90 Å². The molecule has 0 atom stereocenters. The van der Waals surface area contributed by atoms with Gasteiger partial charge < -0.3 is 71.5 Å². The summed E-state index contributed by atoms with van der Waals surface area (Å²) in [5.41, 5.74) is -4.11. The van der Waals surface area contributed by atoms with Crippen LogP contribution in [-0.2, 0) is 72.7 Å². The second-order valence-electron chi connectivity index (χ2n) is 20.7. The molecule has 1 aromatic heterocycles. The highest BCUT2D eigenvalue weighted by atomic mass is 35.5. The normalized spacial score (nSPS) is 13.1. The maximum Gasteiger partial charge on any atom is 0.586 e. The highest BCUT2D eigenvalue weighted by molar-refractivity contribution is 7.98. The van der Waals surface area contributed by atoms with E-state index in [4.69, 9.17) is 9.47 Å². The van der Waals surface area contributed by atoms with E-state index in [1.165, 1.54) is 62.6 Å². The highest BCUT2D eigenvalue weighted by Gasteiger charge is 2.54. The molecule has 3 heterocycles. The molecule has 2 aliphatic rings. The number of hydrogen-bond acceptors (Lipinski definition) is 7. The second kappa shape index (κ2) is 40.2.